The van der Waals surface area contributed by atoms with Gasteiger partial charge in [-0.1, -0.05) is 60.7 Å². The molecule has 3 aromatic rings. The number of carboxylic acid groups (broad SMARTS) is 1. The molecule has 4 rings (SSSR count). The van der Waals surface area contributed by atoms with Crippen molar-refractivity contribution < 1.29 is 24.2 Å². The molecular formula is C28H28N2O5. The lowest BCUT2D eigenvalue weighted by Gasteiger charge is -2.14. The summed E-state index contributed by atoms with van der Waals surface area (Å²) >= 11 is 0. The number of unbranched alkanes of at least 4 members (excludes halogenated alkanes) is 1. The Hall–Kier alpha value is -4.13. The Morgan fingerprint density at radius 2 is 1.51 bits per heavy atom. The lowest BCUT2D eigenvalue weighted by molar-refractivity contribution is -0.121. The van der Waals surface area contributed by atoms with Crippen LogP contribution in [0.3, 0.4) is 0 Å². The third-order valence-corrected chi connectivity index (χ3v) is 6.11. The summed E-state index contributed by atoms with van der Waals surface area (Å²) in [7, 11) is 0. The minimum atomic E-state index is -0.998. The SMILES string of the molecule is O=C(CCCCNC(=O)OCC1c2ccccc2-c2ccccc21)NCc1cccc(C(=O)O)c1. The molecule has 0 aliphatic heterocycles. The lowest BCUT2D eigenvalue weighted by atomic mass is 9.98. The van der Waals surface area contributed by atoms with Gasteiger partial charge >= 0.3 is 12.1 Å². The highest BCUT2D eigenvalue weighted by Gasteiger charge is 2.28. The number of amides is 2. The van der Waals surface area contributed by atoms with E-state index in [0.717, 1.165) is 5.56 Å². The van der Waals surface area contributed by atoms with E-state index in [1.54, 1.807) is 18.2 Å². The minimum Gasteiger partial charge on any atom is -0.478 e. The number of carbonyl (C=O) groups is 3. The number of rotatable bonds is 10. The molecule has 35 heavy (non-hydrogen) atoms. The van der Waals surface area contributed by atoms with Gasteiger partial charge in [0, 0.05) is 25.4 Å². The Bertz CT molecular complexity index is 1180. The first-order chi connectivity index (χ1) is 17.0. The number of aromatic carboxylic acids is 1. The molecule has 0 unspecified atom stereocenters. The number of hydrogen-bond acceptors (Lipinski definition) is 4. The standard InChI is InChI=1S/C28H28N2O5/c31-26(30-17-19-8-7-9-20(16-19)27(32)33)14-5-6-15-29-28(34)35-18-25-23-12-3-1-10-21(23)22-11-2-4-13-24(22)25/h1-4,7-13,16,25H,5-6,14-15,17-18H2,(H,29,34)(H,30,31)(H,32,33). The molecule has 1 aliphatic carbocycles. The van der Waals surface area contributed by atoms with Crippen molar-refractivity contribution in [2.75, 3.05) is 13.2 Å². The molecule has 7 heteroatoms. The zero-order chi connectivity index (χ0) is 24.6. The first-order valence-corrected chi connectivity index (χ1v) is 11.7. The molecule has 0 atom stereocenters. The number of ether oxygens (including phenoxy) is 1. The number of fused-ring (bicyclic) bond motifs is 3. The molecule has 0 spiro atoms. The second kappa shape index (κ2) is 11.3. The van der Waals surface area contributed by atoms with Crippen LogP contribution in [0.1, 0.15) is 52.2 Å². The maximum Gasteiger partial charge on any atom is 0.407 e. The van der Waals surface area contributed by atoms with Gasteiger partial charge in [-0.15, -0.1) is 0 Å². The fourth-order valence-corrected chi connectivity index (χ4v) is 4.35. The predicted molar refractivity (Wildman–Crippen MR) is 132 cm³/mol. The highest BCUT2D eigenvalue weighted by atomic mass is 16.5. The zero-order valence-electron chi connectivity index (χ0n) is 19.3. The van der Waals surface area contributed by atoms with E-state index in [-0.39, 0.29) is 30.5 Å². The monoisotopic (exact) mass is 472 g/mol. The quantitative estimate of drug-likeness (QED) is 0.371. The molecule has 0 fully saturated rings. The Labute approximate surface area is 204 Å². The molecule has 2 amide bonds. The van der Waals surface area contributed by atoms with Crippen LogP contribution in [0.4, 0.5) is 4.79 Å². The van der Waals surface area contributed by atoms with Crippen LogP contribution in [0, 0.1) is 0 Å². The number of carbonyl (C=O) groups excluding carboxylic acids is 2. The number of hydrogen-bond donors (Lipinski definition) is 3. The summed E-state index contributed by atoms with van der Waals surface area (Å²) in [5.41, 5.74) is 5.63. The van der Waals surface area contributed by atoms with Gasteiger partial charge in [0.05, 0.1) is 5.56 Å². The van der Waals surface area contributed by atoms with Crippen molar-refractivity contribution in [3.05, 3.63) is 95.1 Å². The van der Waals surface area contributed by atoms with Crippen molar-refractivity contribution in [1.82, 2.24) is 10.6 Å². The van der Waals surface area contributed by atoms with Crippen molar-refractivity contribution >= 4 is 18.0 Å². The van der Waals surface area contributed by atoms with Gasteiger partial charge in [-0.2, -0.15) is 0 Å². The second-order valence-corrected chi connectivity index (χ2v) is 8.49. The van der Waals surface area contributed by atoms with Crippen molar-refractivity contribution in [3.63, 3.8) is 0 Å². The second-order valence-electron chi connectivity index (χ2n) is 8.49. The fourth-order valence-electron chi connectivity index (χ4n) is 4.35. The Morgan fingerprint density at radius 3 is 2.20 bits per heavy atom. The van der Waals surface area contributed by atoms with E-state index in [1.165, 1.54) is 28.3 Å². The molecule has 0 bridgehead atoms. The van der Waals surface area contributed by atoms with Crippen molar-refractivity contribution in [1.29, 1.82) is 0 Å². The highest BCUT2D eigenvalue weighted by Crippen LogP contribution is 2.44. The molecule has 180 valence electrons. The number of nitrogens with one attached hydrogen (secondary N) is 2. The van der Waals surface area contributed by atoms with E-state index in [9.17, 15) is 14.4 Å². The third kappa shape index (κ3) is 6.06. The van der Waals surface area contributed by atoms with Crippen LogP contribution >= 0.6 is 0 Å². The van der Waals surface area contributed by atoms with Gasteiger partial charge in [-0.3, -0.25) is 4.79 Å². The summed E-state index contributed by atoms with van der Waals surface area (Å²) < 4.78 is 5.51. The number of alkyl carbamates (subject to hydrolysis) is 1. The van der Waals surface area contributed by atoms with E-state index in [2.05, 4.69) is 34.9 Å². The maximum atomic E-state index is 12.2. The number of carboxylic acids is 1. The minimum absolute atomic E-state index is 0.0213. The number of benzene rings is 3. The van der Waals surface area contributed by atoms with Gasteiger partial charge in [-0.25, -0.2) is 9.59 Å². The van der Waals surface area contributed by atoms with Gasteiger partial charge < -0.3 is 20.5 Å². The molecule has 0 heterocycles. The summed E-state index contributed by atoms with van der Waals surface area (Å²) in [5.74, 6) is -1.10. The van der Waals surface area contributed by atoms with Crippen LogP contribution in [0.2, 0.25) is 0 Å². The Kier molecular flexibility index (Phi) is 7.77. The van der Waals surface area contributed by atoms with Crippen molar-refractivity contribution in [2.45, 2.75) is 31.7 Å². The summed E-state index contributed by atoms with van der Waals surface area (Å²) in [4.78, 5) is 35.3. The molecule has 0 aromatic heterocycles. The summed E-state index contributed by atoms with van der Waals surface area (Å²) in [6.45, 7) is 0.966. The largest absolute Gasteiger partial charge is 0.478 e. The van der Waals surface area contributed by atoms with Gasteiger partial charge in [0.15, 0.2) is 0 Å². The molecule has 7 nitrogen and oxygen atoms in total. The smallest absolute Gasteiger partial charge is 0.407 e. The zero-order valence-corrected chi connectivity index (χ0v) is 19.3. The average molecular weight is 473 g/mol. The average Bonchev–Trinajstić information content (AvgIpc) is 3.20. The van der Waals surface area contributed by atoms with Gasteiger partial charge in [-0.05, 0) is 52.8 Å². The van der Waals surface area contributed by atoms with Crippen LogP contribution in [0.5, 0.6) is 0 Å². The molecular weight excluding hydrogens is 444 g/mol. The molecule has 0 radical (unpaired) electrons. The van der Waals surface area contributed by atoms with Crippen LogP contribution in [0.15, 0.2) is 72.8 Å². The molecule has 0 saturated heterocycles. The molecule has 0 saturated carbocycles. The Balaban J connectivity index is 1.14. The maximum absolute atomic E-state index is 12.2. The Morgan fingerprint density at radius 1 is 0.829 bits per heavy atom. The third-order valence-electron chi connectivity index (χ3n) is 6.11. The van der Waals surface area contributed by atoms with Crippen LogP contribution in [-0.4, -0.2) is 36.2 Å². The van der Waals surface area contributed by atoms with Crippen LogP contribution in [-0.2, 0) is 16.1 Å². The van der Waals surface area contributed by atoms with E-state index < -0.39 is 12.1 Å². The first kappa shape index (κ1) is 24.0. The first-order valence-electron chi connectivity index (χ1n) is 11.7. The molecule has 1 aliphatic rings. The van der Waals surface area contributed by atoms with Gasteiger partial charge in [0.1, 0.15) is 6.61 Å². The predicted octanol–water partition coefficient (Wildman–Crippen LogP) is 4.71. The fraction of sp³-hybridized carbons (Fsp3) is 0.250. The summed E-state index contributed by atoms with van der Waals surface area (Å²) in [6, 6.07) is 22.9. The van der Waals surface area contributed by atoms with Gasteiger partial charge in [0.2, 0.25) is 5.91 Å². The summed E-state index contributed by atoms with van der Waals surface area (Å²) in [6.07, 6.45) is 1.12. The van der Waals surface area contributed by atoms with E-state index in [0.29, 0.717) is 25.8 Å². The normalized spacial score (nSPS) is 11.9. The van der Waals surface area contributed by atoms with E-state index in [1.807, 2.05) is 24.3 Å². The molecule has 3 N–H and O–H groups in total. The van der Waals surface area contributed by atoms with Crippen LogP contribution in [0.25, 0.3) is 11.1 Å². The summed E-state index contributed by atoms with van der Waals surface area (Å²) in [5, 5.41) is 14.6. The highest BCUT2D eigenvalue weighted by molar-refractivity contribution is 5.87. The van der Waals surface area contributed by atoms with Crippen molar-refractivity contribution in [3.8, 4) is 11.1 Å². The van der Waals surface area contributed by atoms with Gasteiger partial charge in [0.25, 0.3) is 0 Å². The molecule has 3 aromatic carbocycles. The van der Waals surface area contributed by atoms with E-state index >= 15 is 0 Å². The van der Waals surface area contributed by atoms with E-state index in [4.69, 9.17) is 9.84 Å². The topological polar surface area (TPSA) is 105 Å². The van der Waals surface area contributed by atoms with Crippen LogP contribution < -0.4 is 10.6 Å². The van der Waals surface area contributed by atoms with Crippen molar-refractivity contribution in [2.24, 2.45) is 0 Å². The lowest BCUT2D eigenvalue weighted by Crippen LogP contribution is -2.27.